The quantitative estimate of drug-likeness (QED) is 0.208. The van der Waals surface area contributed by atoms with E-state index in [4.69, 9.17) is 6.85 Å². The maximum atomic E-state index is 9.23. The van der Waals surface area contributed by atoms with E-state index in [1.807, 2.05) is 102 Å². The van der Waals surface area contributed by atoms with Gasteiger partial charge in [0.15, 0.2) is 0 Å². The molecule has 0 spiro atoms. The van der Waals surface area contributed by atoms with Crippen molar-refractivity contribution >= 4 is 44.3 Å². The number of hydrogen-bond acceptors (Lipinski definition) is 1. The summed E-state index contributed by atoms with van der Waals surface area (Å²) in [5, 5.41) is 3.54. The smallest absolute Gasteiger partial charge is 0.0645 e. The lowest BCUT2D eigenvalue weighted by atomic mass is 9.91. The van der Waals surface area contributed by atoms with Gasteiger partial charge in [0.1, 0.15) is 0 Å². The van der Waals surface area contributed by atoms with Crippen molar-refractivity contribution in [1.29, 1.82) is 0 Å². The van der Waals surface area contributed by atoms with E-state index < -0.39 is 6.04 Å². The van der Waals surface area contributed by atoms with Crippen LogP contribution < -0.4 is 0 Å². The highest BCUT2D eigenvalue weighted by atomic mass is 32.2. The van der Waals surface area contributed by atoms with Crippen molar-refractivity contribution in [2.45, 2.75) is 9.79 Å². The minimum atomic E-state index is -0.439. The molecule has 1 aliphatic rings. The van der Waals surface area contributed by atoms with Gasteiger partial charge in [0.05, 0.1) is 23.4 Å². The molecule has 1 aromatic heterocycles. The van der Waals surface area contributed by atoms with Gasteiger partial charge in [-0.1, -0.05) is 121 Å². The topological polar surface area (TPSA) is 4.93 Å². The van der Waals surface area contributed by atoms with Gasteiger partial charge in [-0.05, 0) is 81.2 Å². The zero-order chi connectivity index (χ0) is 35.5. The summed E-state index contributed by atoms with van der Waals surface area (Å²) in [7, 11) is 0. The van der Waals surface area contributed by atoms with Crippen LogP contribution in [0.5, 0.6) is 0 Å². The molecule has 0 unspecified atom stereocenters. The van der Waals surface area contributed by atoms with Crippen molar-refractivity contribution in [3.05, 3.63) is 151 Å². The van der Waals surface area contributed by atoms with Gasteiger partial charge in [0.25, 0.3) is 0 Å². The van der Waals surface area contributed by atoms with Crippen molar-refractivity contribution in [2.24, 2.45) is 0 Å². The van der Waals surface area contributed by atoms with Crippen LogP contribution in [-0.2, 0) is 0 Å². The largest absolute Gasteiger partial charge is 0.309 e. The maximum Gasteiger partial charge on any atom is 0.0645 e. The van der Waals surface area contributed by atoms with Gasteiger partial charge in [-0.2, -0.15) is 0 Å². The standard InChI is InChI=1S/C40H25NS/c1-2-9-27(10-3-1)30-22-24-39-40-33(30)13-8-14-34(40)35-25-28(19-23-38(35)42-39)26-17-20-29(21-18-26)41-36-15-6-4-11-31(36)32-12-5-7-16-37(32)41/h1-25H/i1D,2D,3D,9D,10D,17D,18D,20D,21D. The lowest BCUT2D eigenvalue weighted by Gasteiger charge is -2.22. The first-order chi connectivity index (χ1) is 24.6. The Morgan fingerprint density at radius 2 is 1.17 bits per heavy atom. The second-order valence-electron chi connectivity index (χ2n) is 10.2. The molecule has 0 amide bonds. The molecule has 0 aliphatic carbocycles. The third-order valence-corrected chi connectivity index (χ3v) is 9.10. The van der Waals surface area contributed by atoms with E-state index >= 15 is 0 Å². The SMILES string of the molecule is [2H]c1c([2H])c([2H])c(-c2ccc3c4c(cccc24)-c2cc(-c4c([2H])c([2H])c(-n5c6ccccc6c6ccccc65)c([2H])c4[2H])ccc2S3)c([2H])c1[2H]. The minimum absolute atomic E-state index is 0.139. The highest BCUT2D eigenvalue weighted by Gasteiger charge is 2.21. The maximum absolute atomic E-state index is 9.23. The third kappa shape index (κ3) is 3.52. The second-order valence-corrected chi connectivity index (χ2v) is 11.3. The van der Waals surface area contributed by atoms with Gasteiger partial charge in [0, 0.05) is 31.6 Å². The van der Waals surface area contributed by atoms with Crippen molar-refractivity contribution in [3.8, 4) is 39.1 Å². The van der Waals surface area contributed by atoms with Crippen LogP contribution in [0.2, 0.25) is 0 Å². The summed E-state index contributed by atoms with van der Waals surface area (Å²) < 4.78 is 80.5. The van der Waals surface area contributed by atoms with Crippen molar-refractivity contribution < 1.29 is 12.3 Å². The van der Waals surface area contributed by atoms with E-state index in [9.17, 15) is 5.48 Å². The van der Waals surface area contributed by atoms with Gasteiger partial charge < -0.3 is 4.57 Å². The first kappa shape index (κ1) is 16.4. The summed E-state index contributed by atoms with van der Waals surface area (Å²) in [5.74, 6) is 0. The Morgan fingerprint density at radius 3 is 1.93 bits per heavy atom. The molecule has 0 fully saturated rings. The normalized spacial score (nSPS) is 15.2. The average molecular weight is 561 g/mol. The minimum Gasteiger partial charge on any atom is -0.309 e. The average Bonchev–Trinajstić information content (AvgIpc) is 3.48. The molecule has 1 aliphatic heterocycles. The number of aromatic nitrogens is 1. The lowest BCUT2D eigenvalue weighted by molar-refractivity contribution is 1.18. The van der Waals surface area contributed by atoms with Crippen LogP contribution in [0.1, 0.15) is 12.3 Å². The first-order valence-electron chi connectivity index (χ1n) is 18.1. The lowest BCUT2D eigenvalue weighted by Crippen LogP contribution is -1.95. The fourth-order valence-corrected chi connectivity index (χ4v) is 7.23. The van der Waals surface area contributed by atoms with E-state index in [1.54, 1.807) is 11.8 Å². The fourth-order valence-electron chi connectivity index (χ4n) is 6.12. The molecular weight excluding hydrogens is 527 g/mol. The van der Waals surface area contributed by atoms with Crippen LogP contribution in [0.3, 0.4) is 0 Å². The molecule has 196 valence electrons. The molecule has 0 radical (unpaired) electrons. The predicted molar refractivity (Wildman–Crippen MR) is 179 cm³/mol. The van der Waals surface area contributed by atoms with Crippen molar-refractivity contribution in [2.75, 3.05) is 0 Å². The highest BCUT2D eigenvalue weighted by Crippen LogP contribution is 2.50. The zero-order valence-corrected chi connectivity index (χ0v) is 22.9. The van der Waals surface area contributed by atoms with Crippen molar-refractivity contribution in [1.82, 2.24) is 4.57 Å². The Kier molecular flexibility index (Phi) is 3.61. The van der Waals surface area contributed by atoms with E-state index in [0.717, 1.165) is 53.5 Å². The summed E-state index contributed by atoms with van der Waals surface area (Å²) in [6.07, 6.45) is 0. The Balaban J connectivity index is 1.24. The van der Waals surface area contributed by atoms with Gasteiger partial charge in [-0.3, -0.25) is 0 Å². The Bertz CT molecular complexity index is 2730. The summed E-state index contributed by atoms with van der Waals surface area (Å²) >= 11 is 1.55. The number of benzene rings is 7. The van der Waals surface area contributed by atoms with Crippen LogP contribution in [0.25, 0.3) is 71.6 Å². The Morgan fingerprint density at radius 1 is 0.476 bits per heavy atom. The molecule has 0 saturated carbocycles. The zero-order valence-electron chi connectivity index (χ0n) is 31.1. The van der Waals surface area contributed by atoms with E-state index in [2.05, 4.69) is 0 Å². The van der Waals surface area contributed by atoms with E-state index in [-0.39, 0.29) is 65.2 Å². The fraction of sp³-hybridized carbons (Fsp3) is 0. The monoisotopic (exact) mass is 560 g/mol. The molecule has 0 N–H and O–H groups in total. The second kappa shape index (κ2) is 9.24. The highest BCUT2D eigenvalue weighted by molar-refractivity contribution is 7.99. The van der Waals surface area contributed by atoms with Crippen LogP contribution in [0.4, 0.5) is 0 Å². The third-order valence-electron chi connectivity index (χ3n) is 7.97. The van der Waals surface area contributed by atoms with Crippen LogP contribution in [-0.4, -0.2) is 4.57 Å². The molecule has 2 heteroatoms. The molecule has 2 heterocycles. The molecule has 42 heavy (non-hydrogen) atoms. The van der Waals surface area contributed by atoms with Crippen LogP contribution in [0, 0.1) is 0 Å². The molecule has 0 atom stereocenters. The summed E-state index contributed by atoms with van der Waals surface area (Å²) in [4.78, 5) is 1.91. The number of hydrogen-bond donors (Lipinski definition) is 0. The molecule has 7 aromatic carbocycles. The van der Waals surface area contributed by atoms with Gasteiger partial charge in [-0.15, -0.1) is 0 Å². The number of nitrogens with zero attached hydrogens (tertiary/aromatic N) is 1. The molecule has 0 saturated heterocycles. The van der Waals surface area contributed by atoms with Crippen molar-refractivity contribution in [3.63, 3.8) is 0 Å². The number of para-hydroxylation sites is 2. The summed E-state index contributed by atoms with van der Waals surface area (Å²) in [6.45, 7) is 0. The summed E-state index contributed by atoms with van der Waals surface area (Å²) in [6, 6.07) is 28.4. The van der Waals surface area contributed by atoms with E-state index in [0.29, 0.717) is 11.1 Å². The molecule has 9 rings (SSSR count). The Labute approximate surface area is 261 Å². The van der Waals surface area contributed by atoms with Gasteiger partial charge >= 0.3 is 0 Å². The molecule has 0 bridgehead atoms. The molecule has 1 nitrogen and oxygen atoms in total. The number of rotatable bonds is 3. The predicted octanol–water partition coefficient (Wildman–Crippen LogP) is 11.4. The number of fused-ring (bicyclic) bond motifs is 5. The molecular formula is C40H25NS. The molecule has 8 aromatic rings. The van der Waals surface area contributed by atoms with Gasteiger partial charge in [-0.25, -0.2) is 0 Å². The van der Waals surface area contributed by atoms with E-state index in [1.165, 1.54) is 0 Å². The van der Waals surface area contributed by atoms with Crippen LogP contribution >= 0.6 is 11.8 Å². The van der Waals surface area contributed by atoms with Crippen LogP contribution in [0.15, 0.2) is 161 Å². The summed E-state index contributed by atoms with van der Waals surface area (Å²) in [5.41, 5.74) is 4.92. The van der Waals surface area contributed by atoms with Gasteiger partial charge in [0.2, 0.25) is 0 Å². The Hall–Kier alpha value is -5.05. The first-order valence-corrected chi connectivity index (χ1v) is 14.4.